The fourth-order valence-electron chi connectivity index (χ4n) is 2.08. The Morgan fingerprint density at radius 3 is 2.67 bits per heavy atom. The number of hydrogen-bond donors (Lipinski definition) is 2. The summed E-state index contributed by atoms with van der Waals surface area (Å²) in [4.78, 5) is 13.2. The Balaban J connectivity index is 1.85. The lowest BCUT2D eigenvalue weighted by molar-refractivity contribution is -0.115. The SMILES string of the molecule is CCCC(NCC(=O)Nc1ccc(Cl)cc1)c1cccs1. The monoisotopic (exact) mass is 322 g/mol. The van der Waals surface area contributed by atoms with E-state index in [4.69, 9.17) is 11.6 Å². The summed E-state index contributed by atoms with van der Waals surface area (Å²) in [6.45, 7) is 2.45. The minimum absolute atomic E-state index is 0.0463. The molecule has 0 saturated carbocycles. The molecule has 112 valence electrons. The van der Waals surface area contributed by atoms with Gasteiger partial charge in [-0.1, -0.05) is 31.0 Å². The van der Waals surface area contributed by atoms with Gasteiger partial charge in [0.25, 0.3) is 0 Å². The van der Waals surface area contributed by atoms with Crippen LogP contribution >= 0.6 is 22.9 Å². The molecule has 1 amide bonds. The number of hydrogen-bond acceptors (Lipinski definition) is 3. The predicted molar refractivity (Wildman–Crippen MR) is 90.1 cm³/mol. The van der Waals surface area contributed by atoms with Gasteiger partial charge in [-0.25, -0.2) is 0 Å². The maximum Gasteiger partial charge on any atom is 0.238 e. The van der Waals surface area contributed by atoms with Crippen molar-refractivity contribution < 1.29 is 4.79 Å². The van der Waals surface area contributed by atoms with Crippen LogP contribution in [0, 0.1) is 0 Å². The summed E-state index contributed by atoms with van der Waals surface area (Å²) in [6, 6.07) is 11.5. The largest absolute Gasteiger partial charge is 0.325 e. The molecule has 1 atom stereocenters. The van der Waals surface area contributed by atoms with Crippen molar-refractivity contribution in [1.29, 1.82) is 0 Å². The van der Waals surface area contributed by atoms with Crippen LogP contribution in [0.4, 0.5) is 5.69 Å². The van der Waals surface area contributed by atoms with E-state index in [0.29, 0.717) is 11.6 Å². The summed E-state index contributed by atoms with van der Waals surface area (Å²) in [6.07, 6.45) is 2.10. The number of anilines is 1. The third kappa shape index (κ3) is 5.16. The molecule has 1 unspecified atom stereocenters. The van der Waals surface area contributed by atoms with Crippen molar-refractivity contribution >= 4 is 34.5 Å². The highest BCUT2D eigenvalue weighted by Crippen LogP contribution is 2.23. The molecule has 0 fully saturated rings. The second-order valence-electron chi connectivity index (χ2n) is 4.79. The molecule has 1 aromatic carbocycles. The Morgan fingerprint density at radius 1 is 1.29 bits per heavy atom. The Hall–Kier alpha value is -1.36. The van der Waals surface area contributed by atoms with Crippen LogP contribution in [0.2, 0.25) is 5.02 Å². The molecule has 2 aromatic rings. The van der Waals surface area contributed by atoms with Crippen LogP contribution in [0.15, 0.2) is 41.8 Å². The summed E-state index contributed by atoms with van der Waals surface area (Å²) in [7, 11) is 0. The third-order valence-electron chi connectivity index (χ3n) is 3.10. The van der Waals surface area contributed by atoms with Crippen LogP contribution in [0.5, 0.6) is 0 Å². The Bertz CT molecular complexity index is 554. The highest BCUT2D eigenvalue weighted by atomic mass is 35.5. The summed E-state index contributed by atoms with van der Waals surface area (Å²) in [5.41, 5.74) is 0.759. The van der Waals surface area contributed by atoms with E-state index in [1.807, 2.05) is 6.07 Å². The fraction of sp³-hybridized carbons (Fsp3) is 0.312. The minimum Gasteiger partial charge on any atom is -0.325 e. The number of thiophene rings is 1. The molecule has 0 radical (unpaired) electrons. The second kappa shape index (κ2) is 8.17. The van der Waals surface area contributed by atoms with Crippen LogP contribution < -0.4 is 10.6 Å². The van der Waals surface area contributed by atoms with E-state index in [1.165, 1.54) is 4.88 Å². The maximum absolute atomic E-state index is 12.0. The molecule has 1 aromatic heterocycles. The molecule has 0 bridgehead atoms. The van der Waals surface area contributed by atoms with E-state index >= 15 is 0 Å². The Morgan fingerprint density at radius 2 is 2.05 bits per heavy atom. The molecule has 2 N–H and O–H groups in total. The van der Waals surface area contributed by atoms with E-state index in [-0.39, 0.29) is 11.9 Å². The number of halogens is 1. The number of carbonyl (C=O) groups is 1. The first-order valence-corrected chi connectivity index (χ1v) is 8.27. The summed E-state index contributed by atoms with van der Waals surface area (Å²) >= 11 is 7.54. The molecule has 0 aliphatic heterocycles. The van der Waals surface area contributed by atoms with Gasteiger partial charge >= 0.3 is 0 Å². The average Bonchev–Trinajstić information content (AvgIpc) is 3.00. The van der Waals surface area contributed by atoms with Gasteiger partial charge in [-0.3, -0.25) is 4.79 Å². The zero-order valence-electron chi connectivity index (χ0n) is 11.9. The topological polar surface area (TPSA) is 41.1 Å². The molecule has 0 aliphatic rings. The molecule has 1 heterocycles. The zero-order chi connectivity index (χ0) is 15.1. The smallest absolute Gasteiger partial charge is 0.238 e. The van der Waals surface area contributed by atoms with Crippen molar-refractivity contribution in [3.05, 3.63) is 51.7 Å². The van der Waals surface area contributed by atoms with Crippen molar-refractivity contribution in [2.24, 2.45) is 0 Å². The van der Waals surface area contributed by atoms with Crippen molar-refractivity contribution in [2.45, 2.75) is 25.8 Å². The standard InChI is InChI=1S/C16H19ClN2OS/c1-2-4-14(15-5-3-10-21-15)18-11-16(20)19-13-8-6-12(17)7-9-13/h3,5-10,14,18H,2,4,11H2,1H3,(H,19,20). The maximum atomic E-state index is 12.0. The summed E-state index contributed by atoms with van der Waals surface area (Å²) in [5.74, 6) is -0.0463. The number of rotatable bonds is 7. The number of nitrogens with one attached hydrogen (secondary N) is 2. The Kier molecular flexibility index (Phi) is 6.23. The first-order valence-electron chi connectivity index (χ1n) is 7.01. The van der Waals surface area contributed by atoms with Gasteiger partial charge in [-0.15, -0.1) is 11.3 Å². The van der Waals surface area contributed by atoms with Crippen LogP contribution in [0.3, 0.4) is 0 Å². The molecule has 3 nitrogen and oxygen atoms in total. The van der Waals surface area contributed by atoms with E-state index in [1.54, 1.807) is 35.6 Å². The first-order chi connectivity index (χ1) is 10.2. The minimum atomic E-state index is -0.0463. The third-order valence-corrected chi connectivity index (χ3v) is 4.34. The molecule has 21 heavy (non-hydrogen) atoms. The van der Waals surface area contributed by atoms with Crippen LogP contribution in [0.1, 0.15) is 30.7 Å². The molecular weight excluding hydrogens is 304 g/mol. The highest BCUT2D eigenvalue weighted by molar-refractivity contribution is 7.10. The van der Waals surface area contributed by atoms with Gasteiger partial charge in [0.2, 0.25) is 5.91 Å². The number of benzene rings is 1. The fourth-order valence-corrected chi connectivity index (χ4v) is 3.04. The highest BCUT2D eigenvalue weighted by Gasteiger charge is 2.12. The van der Waals surface area contributed by atoms with Gasteiger partial charge in [0.05, 0.1) is 6.54 Å². The molecule has 0 spiro atoms. The van der Waals surface area contributed by atoms with Crippen molar-refractivity contribution in [3.8, 4) is 0 Å². The van der Waals surface area contributed by atoms with E-state index in [0.717, 1.165) is 18.5 Å². The lowest BCUT2D eigenvalue weighted by Gasteiger charge is -2.16. The zero-order valence-corrected chi connectivity index (χ0v) is 13.5. The summed E-state index contributed by atoms with van der Waals surface area (Å²) in [5, 5.41) is 8.90. The number of carbonyl (C=O) groups excluding carboxylic acids is 1. The van der Waals surface area contributed by atoms with Crippen LogP contribution in [-0.4, -0.2) is 12.5 Å². The number of amides is 1. The normalized spacial score (nSPS) is 12.1. The van der Waals surface area contributed by atoms with E-state index in [9.17, 15) is 4.79 Å². The van der Waals surface area contributed by atoms with Crippen LogP contribution in [0.25, 0.3) is 0 Å². The van der Waals surface area contributed by atoms with Gasteiger partial charge in [-0.2, -0.15) is 0 Å². The van der Waals surface area contributed by atoms with Crippen LogP contribution in [-0.2, 0) is 4.79 Å². The van der Waals surface area contributed by atoms with Gasteiger partial charge in [-0.05, 0) is 42.1 Å². The molecular formula is C16H19ClN2OS. The van der Waals surface area contributed by atoms with E-state index in [2.05, 4.69) is 29.0 Å². The van der Waals surface area contributed by atoms with Gasteiger partial charge < -0.3 is 10.6 Å². The lowest BCUT2D eigenvalue weighted by atomic mass is 10.1. The van der Waals surface area contributed by atoms with Crippen molar-refractivity contribution in [1.82, 2.24) is 5.32 Å². The second-order valence-corrected chi connectivity index (χ2v) is 6.21. The molecule has 0 aliphatic carbocycles. The first kappa shape index (κ1) is 16.0. The molecule has 5 heteroatoms. The van der Waals surface area contributed by atoms with Crippen molar-refractivity contribution in [2.75, 3.05) is 11.9 Å². The van der Waals surface area contributed by atoms with Crippen molar-refractivity contribution in [3.63, 3.8) is 0 Å². The van der Waals surface area contributed by atoms with Gasteiger partial charge in [0, 0.05) is 21.6 Å². The molecule has 2 rings (SSSR count). The Labute approximate surface area is 134 Å². The van der Waals surface area contributed by atoms with Gasteiger partial charge in [0.1, 0.15) is 0 Å². The summed E-state index contributed by atoms with van der Waals surface area (Å²) < 4.78 is 0. The predicted octanol–water partition coefficient (Wildman–Crippen LogP) is 4.47. The lowest BCUT2D eigenvalue weighted by Crippen LogP contribution is -2.31. The average molecular weight is 323 g/mol. The van der Waals surface area contributed by atoms with E-state index < -0.39 is 0 Å². The molecule has 0 saturated heterocycles. The quantitative estimate of drug-likeness (QED) is 0.789. The van der Waals surface area contributed by atoms with Gasteiger partial charge in [0.15, 0.2) is 0 Å².